The summed E-state index contributed by atoms with van der Waals surface area (Å²) in [5.74, 6) is 0.123. The van der Waals surface area contributed by atoms with E-state index < -0.39 is 5.97 Å². The summed E-state index contributed by atoms with van der Waals surface area (Å²) in [5, 5.41) is 1.72. The van der Waals surface area contributed by atoms with Gasteiger partial charge >= 0.3 is 5.97 Å². The number of anilines is 1. The summed E-state index contributed by atoms with van der Waals surface area (Å²) in [6.07, 6.45) is 3.61. The SMILES string of the molecule is C=CCCCOc1csc(C(=O)OC)c1N. The summed E-state index contributed by atoms with van der Waals surface area (Å²) in [5.41, 5.74) is 6.12. The third kappa shape index (κ3) is 3.00. The highest BCUT2D eigenvalue weighted by atomic mass is 32.1. The second-order valence-corrected chi connectivity index (χ2v) is 3.99. The van der Waals surface area contributed by atoms with Crippen LogP contribution in [0, 0.1) is 0 Å². The number of carbonyl (C=O) groups excluding carboxylic acids is 1. The van der Waals surface area contributed by atoms with Crippen LogP contribution in [0.25, 0.3) is 0 Å². The van der Waals surface area contributed by atoms with E-state index in [-0.39, 0.29) is 0 Å². The van der Waals surface area contributed by atoms with Crippen molar-refractivity contribution in [3.63, 3.8) is 0 Å². The maximum absolute atomic E-state index is 11.3. The highest BCUT2D eigenvalue weighted by molar-refractivity contribution is 7.13. The summed E-state index contributed by atoms with van der Waals surface area (Å²) >= 11 is 1.23. The number of hydrogen-bond acceptors (Lipinski definition) is 5. The topological polar surface area (TPSA) is 61.5 Å². The van der Waals surface area contributed by atoms with E-state index >= 15 is 0 Å². The molecule has 5 heteroatoms. The minimum absolute atomic E-state index is 0.357. The molecular weight excluding hydrogens is 226 g/mol. The standard InChI is InChI=1S/C11H15NO3S/c1-3-4-5-6-15-8-7-16-10(9(8)12)11(13)14-2/h3,7H,1,4-6,12H2,2H3. The van der Waals surface area contributed by atoms with Crippen molar-refractivity contribution in [1.82, 2.24) is 0 Å². The van der Waals surface area contributed by atoms with Crippen molar-refractivity contribution in [3.05, 3.63) is 22.9 Å². The third-order valence-corrected chi connectivity index (χ3v) is 2.93. The molecule has 1 aromatic heterocycles. The summed E-state index contributed by atoms with van der Waals surface area (Å²) in [6.45, 7) is 4.18. The molecule has 0 spiro atoms. The van der Waals surface area contributed by atoms with Crippen molar-refractivity contribution in [2.24, 2.45) is 0 Å². The Hall–Kier alpha value is -1.49. The summed E-state index contributed by atoms with van der Waals surface area (Å²) < 4.78 is 10.0. The number of ether oxygens (including phenoxy) is 2. The van der Waals surface area contributed by atoms with Crippen molar-refractivity contribution in [2.75, 3.05) is 19.5 Å². The fraction of sp³-hybridized carbons (Fsp3) is 0.364. The van der Waals surface area contributed by atoms with Crippen LogP contribution in [0.15, 0.2) is 18.0 Å². The van der Waals surface area contributed by atoms with Crippen LogP contribution in [0.5, 0.6) is 5.75 Å². The van der Waals surface area contributed by atoms with E-state index in [1.165, 1.54) is 18.4 Å². The number of allylic oxidation sites excluding steroid dienone is 1. The lowest BCUT2D eigenvalue weighted by Gasteiger charge is -2.04. The average molecular weight is 241 g/mol. The lowest BCUT2D eigenvalue weighted by atomic mass is 10.3. The molecule has 0 aromatic carbocycles. The van der Waals surface area contributed by atoms with Crippen LogP contribution in [0.2, 0.25) is 0 Å². The number of methoxy groups -OCH3 is 1. The number of esters is 1. The van der Waals surface area contributed by atoms with Crippen LogP contribution in [0.1, 0.15) is 22.5 Å². The summed E-state index contributed by atoms with van der Waals surface area (Å²) in [7, 11) is 1.33. The molecule has 88 valence electrons. The molecule has 0 unspecified atom stereocenters. The van der Waals surface area contributed by atoms with Gasteiger partial charge in [0.15, 0.2) is 5.75 Å². The van der Waals surface area contributed by atoms with Crippen LogP contribution >= 0.6 is 11.3 Å². The van der Waals surface area contributed by atoms with Crippen LogP contribution in [0.3, 0.4) is 0 Å². The number of thiophene rings is 1. The predicted octanol–water partition coefficient (Wildman–Crippen LogP) is 2.46. The molecule has 0 fully saturated rings. The molecule has 16 heavy (non-hydrogen) atoms. The van der Waals surface area contributed by atoms with Gasteiger partial charge in [0.05, 0.1) is 19.4 Å². The van der Waals surface area contributed by atoms with E-state index in [1.54, 1.807) is 5.38 Å². The van der Waals surface area contributed by atoms with Gasteiger partial charge in [-0.15, -0.1) is 17.9 Å². The van der Waals surface area contributed by atoms with E-state index in [4.69, 9.17) is 10.5 Å². The van der Waals surface area contributed by atoms with Gasteiger partial charge in [0, 0.05) is 5.38 Å². The molecule has 0 saturated carbocycles. The van der Waals surface area contributed by atoms with Gasteiger partial charge in [-0.1, -0.05) is 6.08 Å². The molecule has 0 amide bonds. The first kappa shape index (κ1) is 12.6. The molecule has 0 bridgehead atoms. The Bertz CT molecular complexity index is 373. The number of carbonyl (C=O) groups is 1. The zero-order valence-electron chi connectivity index (χ0n) is 9.19. The summed E-state index contributed by atoms with van der Waals surface area (Å²) in [6, 6.07) is 0. The van der Waals surface area contributed by atoms with Gasteiger partial charge < -0.3 is 15.2 Å². The van der Waals surface area contributed by atoms with Gasteiger partial charge in [-0.25, -0.2) is 4.79 Å². The Morgan fingerprint density at radius 3 is 3.06 bits per heavy atom. The fourth-order valence-electron chi connectivity index (χ4n) is 1.12. The van der Waals surface area contributed by atoms with Gasteiger partial charge in [-0.05, 0) is 12.8 Å². The van der Waals surface area contributed by atoms with Gasteiger partial charge in [0.25, 0.3) is 0 Å². The van der Waals surface area contributed by atoms with Gasteiger partial charge in [0.2, 0.25) is 0 Å². The molecule has 1 aromatic rings. The van der Waals surface area contributed by atoms with Crippen molar-refractivity contribution < 1.29 is 14.3 Å². The number of rotatable bonds is 6. The minimum Gasteiger partial charge on any atom is -0.491 e. The highest BCUT2D eigenvalue weighted by Gasteiger charge is 2.16. The lowest BCUT2D eigenvalue weighted by molar-refractivity contribution is 0.0607. The molecule has 0 aliphatic heterocycles. The molecule has 0 saturated heterocycles. The van der Waals surface area contributed by atoms with Crippen LogP contribution < -0.4 is 10.5 Å². The zero-order valence-corrected chi connectivity index (χ0v) is 10.0. The Labute approximate surface area is 98.7 Å². The van der Waals surface area contributed by atoms with Gasteiger partial charge in [-0.3, -0.25) is 0 Å². The molecule has 0 aliphatic carbocycles. The second kappa shape index (κ2) is 6.17. The predicted molar refractivity (Wildman–Crippen MR) is 65.0 cm³/mol. The number of unbranched alkanes of at least 4 members (excludes halogenated alkanes) is 1. The zero-order chi connectivity index (χ0) is 12.0. The van der Waals surface area contributed by atoms with Crippen molar-refractivity contribution in [2.45, 2.75) is 12.8 Å². The van der Waals surface area contributed by atoms with Crippen LogP contribution in [0.4, 0.5) is 5.69 Å². The molecule has 0 aliphatic rings. The maximum Gasteiger partial charge on any atom is 0.350 e. The number of nitrogen functional groups attached to an aromatic ring is 1. The third-order valence-electron chi connectivity index (χ3n) is 1.97. The monoisotopic (exact) mass is 241 g/mol. The van der Waals surface area contributed by atoms with E-state index in [0.29, 0.717) is 22.9 Å². The second-order valence-electron chi connectivity index (χ2n) is 3.11. The summed E-state index contributed by atoms with van der Waals surface area (Å²) in [4.78, 5) is 11.7. The molecule has 0 atom stereocenters. The maximum atomic E-state index is 11.3. The Morgan fingerprint density at radius 1 is 1.69 bits per heavy atom. The molecule has 1 rings (SSSR count). The van der Waals surface area contributed by atoms with Gasteiger partial charge in [0.1, 0.15) is 4.88 Å². The number of nitrogens with two attached hydrogens (primary N) is 1. The quantitative estimate of drug-likeness (QED) is 0.472. The largest absolute Gasteiger partial charge is 0.491 e. The first-order valence-electron chi connectivity index (χ1n) is 4.89. The normalized spacial score (nSPS) is 9.81. The van der Waals surface area contributed by atoms with Crippen molar-refractivity contribution in [1.29, 1.82) is 0 Å². The molecule has 4 nitrogen and oxygen atoms in total. The fourth-order valence-corrected chi connectivity index (χ4v) is 1.95. The van der Waals surface area contributed by atoms with E-state index in [2.05, 4.69) is 11.3 Å². The van der Waals surface area contributed by atoms with E-state index in [0.717, 1.165) is 12.8 Å². The minimum atomic E-state index is -0.427. The molecule has 2 N–H and O–H groups in total. The Morgan fingerprint density at radius 2 is 2.44 bits per heavy atom. The Balaban J connectivity index is 2.58. The molecule has 1 heterocycles. The van der Waals surface area contributed by atoms with E-state index in [9.17, 15) is 4.79 Å². The van der Waals surface area contributed by atoms with Crippen LogP contribution in [-0.4, -0.2) is 19.7 Å². The lowest BCUT2D eigenvalue weighted by Crippen LogP contribution is -2.03. The van der Waals surface area contributed by atoms with Crippen molar-refractivity contribution >= 4 is 23.0 Å². The van der Waals surface area contributed by atoms with Crippen LogP contribution in [-0.2, 0) is 4.74 Å². The van der Waals surface area contributed by atoms with Crippen molar-refractivity contribution in [3.8, 4) is 5.75 Å². The molecule has 0 radical (unpaired) electrons. The Kier molecular flexibility index (Phi) is 4.85. The highest BCUT2D eigenvalue weighted by Crippen LogP contribution is 2.32. The first-order valence-corrected chi connectivity index (χ1v) is 5.77. The van der Waals surface area contributed by atoms with Gasteiger partial charge in [-0.2, -0.15) is 0 Å². The molecular formula is C11H15NO3S. The number of hydrogen-bond donors (Lipinski definition) is 1. The van der Waals surface area contributed by atoms with E-state index in [1.807, 2.05) is 6.08 Å². The average Bonchev–Trinajstić information content (AvgIpc) is 2.65. The first-order chi connectivity index (χ1) is 7.70. The smallest absolute Gasteiger partial charge is 0.350 e.